The minimum Gasteiger partial charge on any atom is -0.399 e. The lowest BCUT2D eigenvalue weighted by Crippen LogP contribution is -1.94. The van der Waals surface area contributed by atoms with Gasteiger partial charge in [0.05, 0.1) is 0 Å². The maximum atomic E-state index is 5.84. The average molecular weight is 240 g/mol. The van der Waals surface area contributed by atoms with E-state index >= 15 is 0 Å². The fourth-order valence-electron chi connectivity index (χ4n) is 2.00. The number of nitrogen functional groups attached to an aromatic ring is 1. The summed E-state index contributed by atoms with van der Waals surface area (Å²) in [7, 11) is 0. The van der Waals surface area contributed by atoms with E-state index in [-0.39, 0.29) is 0 Å². The molecule has 0 radical (unpaired) electrons. The monoisotopic (exact) mass is 240 g/mol. The Balaban J connectivity index is 2.18. The second kappa shape index (κ2) is 5.13. The van der Waals surface area contributed by atoms with Crippen molar-refractivity contribution in [2.75, 3.05) is 11.1 Å². The zero-order valence-electron chi connectivity index (χ0n) is 11.2. The van der Waals surface area contributed by atoms with Crippen LogP contribution in [0.15, 0.2) is 42.5 Å². The topological polar surface area (TPSA) is 38.0 Å². The highest BCUT2D eigenvalue weighted by Gasteiger charge is 2.00. The lowest BCUT2D eigenvalue weighted by molar-refractivity contribution is 0.867. The fourth-order valence-corrected chi connectivity index (χ4v) is 2.00. The van der Waals surface area contributed by atoms with Crippen molar-refractivity contribution in [3.63, 3.8) is 0 Å². The van der Waals surface area contributed by atoms with E-state index in [0.717, 1.165) is 22.6 Å². The number of nitrogens with two attached hydrogens (primary N) is 1. The second-order valence-corrected chi connectivity index (χ2v) is 5.03. The molecular weight excluding hydrogens is 220 g/mol. The predicted molar refractivity (Wildman–Crippen MR) is 79.4 cm³/mol. The van der Waals surface area contributed by atoms with Crippen molar-refractivity contribution in [1.82, 2.24) is 0 Å². The molecule has 0 bridgehead atoms. The van der Waals surface area contributed by atoms with E-state index in [1.54, 1.807) is 0 Å². The molecule has 0 aliphatic heterocycles. The molecule has 18 heavy (non-hydrogen) atoms. The van der Waals surface area contributed by atoms with Crippen molar-refractivity contribution in [3.05, 3.63) is 53.6 Å². The highest BCUT2D eigenvalue weighted by Crippen LogP contribution is 2.22. The number of benzene rings is 2. The van der Waals surface area contributed by atoms with Gasteiger partial charge < -0.3 is 11.1 Å². The molecule has 0 saturated carbocycles. The predicted octanol–water partition coefficient (Wildman–Crippen LogP) is 4.44. The number of rotatable bonds is 3. The van der Waals surface area contributed by atoms with Crippen molar-refractivity contribution in [3.8, 4) is 0 Å². The Labute approximate surface area is 109 Å². The lowest BCUT2D eigenvalue weighted by Gasteiger charge is -2.10. The summed E-state index contributed by atoms with van der Waals surface area (Å²) in [6.07, 6.45) is 0. The van der Waals surface area contributed by atoms with Gasteiger partial charge in [-0.3, -0.25) is 0 Å². The summed E-state index contributed by atoms with van der Waals surface area (Å²) in [6, 6.07) is 14.5. The lowest BCUT2D eigenvalue weighted by atomic mass is 10.0. The summed E-state index contributed by atoms with van der Waals surface area (Å²) in [5, 5.41) is 3.37. The Morgan fingerprint density at radius 3 is 2.17 bits per heavy atom. The fraction of sp³-hybridized carbons (Fsp3) is 0.250. The van der Waals surface area contributed by atoms with Crippen LogP contribution >= 0.6 is 0 Å². The van der Waals surface area contributed by atoms with Gasteiger partial charge in [0.2, 0.25) is 0 Å². The average Bonchev–Trinajstić information content (AvgIpc) is 2.28. The minimum atomic E-state index is 0.564. The summed E-state index contributed by atoms with van der Waals surface area (Å²) in [4.78, 5) is 0. The third-order valence-electron chi connectivity index (χ3n) is 2.97. The summed E-state index contributed by atoms with van der Waals surface area (Å²) in [5.74, 6) is 0.564. The first-order valence-corrected chi connectivity index (χ1v) is 6.29. The molecule has 0 aliphatic rings. The molecule has 0 heterocycles. The molecule has 0 aliphatic carbocycles. The summed E-state index contributed by atoms with van der Waals surface area (Å²) >= 11 is 0. The van der Waals surface area contributed by atoms with Gasteiger partial charge >= 0.3 is 0 Å². The number of nitrogens with one attached hydrogen (secondary N) is 1. The molecule has 0 fully saturated rings. The molecule has 2 aromatic rings. The van der Waals surface area contributed by atoms with Gasteiger partial charge in [-0.05, 0) is 54.3 Å². The van der Waals surface area contributed by atoms with Crippen molar-refractivity contribution in [1.29, 1.82) is 0 Å². The molecule has 2 rings (SSSR count). The molecule has 0 aromatic heterocycles. The standard InChI is InChI=1S/C16H20N2/c1-11(2)13-4-6-15(7-5-13)18-16-9-12(3)8-14(17)10-16/h4-11,18H,17H2,1-3H3. The SMILES string of the molecule is Cc1cc(N)cc(Nc2ccc(C(C)C)cc2)c1. The van der Waals surface area contributed by atoms with Crippen LogP contribution in [0.5, 0.6) is 0 Å². The highest BCUT2D eigenvalue weighted by molar-refractivity contribution is 5.65. The van der Waals surface area contributed by atoms with Crippen LogP contribution in [0.1, 0.15) is 30.9 Å². The van der Waals surface area contributed by atoms with Crippen LogP contribution in [0.4, 0.5) is 17.1 Å². The number of hydrogen-bond acceptors (Lipinski definition) is 2. The van der Waals surface area contributed by atoms with Gasteiger partial charge in [-0.1, -0.05) is 26.0 Å². The molecule has 2 nitrogen and oxygen atoms in total. The van der Waals surface area contributed by atoms with Gasteiger partial charge in [0.1, 0.15) is 0 Å². The van der Waals surface area contributed by atoms with E-state index in [0.29, 0.717) is 5.92 Å². The normalized spacial score (nSPS) is 10.7. The smallest absolute Gasteiger partial charge is 0.0407 e. The molecule has 0 amide bonds. The first-order valence-electron chi connectivity index (χ1n) is 6.29. The molecule has 0 unspecified atom stereocenters. The Bertz CT molecular complexity index is 507. The van der Waals surface area contributed by atoms with Crippen LogP contribution in [0.25, 0.3) is 0 Å². The molecule has 3 N–H and O–H groups in total. The van der Waals surface area contributed by atoms with E-state index in [1.807, 2.05) is 19.1 Å². The van der Waals surface area contributed by atoms with Gasteiger partial charge in [-0.25, -0.2) is 0 Å². The highest BCUT2D eigenvalue weighted by atomic mass is 14.9. The number of hydrogen-bond donors (Lipinski definition) is 2. The van der Waals surface area contributed by atoms with Gasteiger partial charge in [-0.15, -0.1) is 0 Å². The van der Waals surface area contributed by atoms with Crippen molar-refractivity contribution < 1.29 is 0 Å². The largest absolute Gasteiger partial charge is 0.399 e. The van der Waals surface area contributed by atoms with E-state index < -0.39 is 0 Å². The van der Waals surface area contributed by atoms with Crippen molar-refractivity contribution in [2.24, 2.45) is 0 Å². The van der Waals surface area contributed by atoms with Gasteiger partial charge in [0, 0.05) is 17.1 Å². The van der Waals surface area contributed by atoms with Gasteiger partial charge in [-0.2, -0.15) is 0 Å². The van der Waals surface area contributed by atoms with Gasteiger partial charge in [0.25, 0.3) is 0 Å². The summed E-state index contributed by atoms with van der Waals surface area (Å²) < 4.78 is 0. The quantitative estimate of drug-likeness (QED) is 0.778. The Morgan fingerprint density at radius 2 is 1.61 bits per heavy atom. The number of anilines is 3. The zero-order valence-corrected chi connectivity index (χ0v) is 11.2. The van der Waals surface area contributed by atoms with E-state index in [2.05, 4.69) is 49.5 Å². The zero-order chi connectivity index (χ0) is 13.1. The first-order chi connectivity index (χ1) is 8.54. The maximum Gasteiger partial charge on any atom is 0.0407 e. The van der Waals surface area contributed by atoms with Crippen LogP contribution in [-0.4, -0.2) is 0 Å². The second-order valence-electron chi connectivity index (χ2n) is 5.03. The third-order valence-corrected chi connectivity index (χ3v) is 2.97. The summed E-state index contributed by atoms with van der Waals surface area (Å²) in [6.45, 7) is 6.44. The Morgan fingerprint density at radius 1 is 0.944 bits per heavy atom. The minimum absolute atomic E-state index is 0.564. The van der Waals surface area contributed by atoms with E-state index in [9.17, 15) is 0 Å². The molecule has 2 heteroatoms. The molecule has 2 aromatic carbocycles. The van der Waals surface area contributed by atoms with E-state index in [1.165, 1.54) is 5.56 Å². The summed E-state index contributed by atoms with van der Waals surface area (Å²) in [5.41, 5.74) is 11.3. The van der Waals surface area contributed by atoms with Crippen LogP contribution in [0.2, 0.25) is 0 Å². The molecule has 0 saturated heterocycles. The van der Waals surface area contributed by atoms with Crippen LogP contribution in [0.3, 0.4) is 0 Å². The molecule has 0 atom stereocenters. The van der Waals surface area contributed by atoms with Crippen molar-refractivity contribution >= 4 is 17.1 Å². The number of aryl methyl sites for hydroxylation is 1. The Kier molecular flexibility index (Phi) is 3.56. The van der Waals surface area contributed by atoms with Gasteiger partial charge in [0.15, 0.2) is 0 Å². The molecule has 94 valence electrons. The van der Waals surface area contributed by atoms with Crippen LogP contribution < -0.4 is 11.1 Å². The Hall–Kier alpha value is -1.96. The van der Waals surface area contributed by atoms with Crippen LogP contribution in [0, 0.1) is 6.92 Å². The molecule has 0 spiro atoms. The maximum absolute atomic E-state index is 5.84. The van der Waals surface area contributed by atoms with Crippen molar-refractivity contribution in [2.45, 2.75) is 26.7 Å². The third kappa shape index (κ3) is 3.04. The van der Waals surface area contributed by atoms with E-state index in [4.69, 9.17) is 5.73 Å². The molecular formula is C16H20N2. The first kappa shape index (κ1) is 12.5. The van der Waals surface area contributed by atoms with Crippen LogP contribution in [-0.2, 0) is 0 Å².